The van der Waals surface area contributed by atoms with E-state index in [9.17, 15) is 43.7 Å². The second-order valence-corrected chi connectivity index (χ2v) is 22.9. The quantitative estimate of drug-likeness (QED) is 0.00719. The van der Waals surface area contributed by atoms with Gasteiger partial charge in [0.15, 0.2) is 46.7 Å². The number of hydrogen-bond acceptors (Lipinski definition) is 21. The third-order valence-electron chi connectivity index (χ3n) is 12.8. The number of nitro groups is 1. The Morgan fingerprint density at radius 3 is 1.09 bits per heavy atom. The molecule has 0 aliphatic heterocycles. The zero-order valence-corrected chi connectivity index (χ0v) is 53.5. The predicted molar refractivity (Wildman–Crippen MR) is 359 cm³/mol. The first-order valence-electron chi connectivity index (χ1n) is 29.4. The molecule has 1 heterocycles. The molecule has 0 aromatic carbocycles. The maximum absolute atomic E-state index is 14.7. The van der Waals surface area contributed by atoms with Crippen LogP contribution in [0.5, 0.6) is 0 Å². The topological polar surface area (TPSA) is 763 Å². The van der Waals surface area contributed by atoms with Gasteiger partial charge in [-0.05, 0) is 107 Å². The smallest absolute Gasteiger partial charge is 0.302 e. The Hall–Kier alpha value is -9.65. The monoisotopic (exact) mass is 1350 g/mol. The first kappa shape index (κ1) is 81.4. The summed E-state index contributed by atoms with van der Waals surface area (Å²) in [6.07, 6.45) is 2.58. The molecule has 39 N–H and O–H groups in total. The van der Waals surface area contributed by atoms with E-state index in [2.05, 4.69) is 77.1 Å². The Kier molecular flexibility index (Phi) is 40.6. The fraction of sp³-hybridized carbons (Fsp3) is 0.620. The van der Waals surface area contributed by atoms with Crippen molar-refractivity contribution in [3.8, 4) is 0 Å². The number of rotatable bonds is 49. The minimum atomic E-state index is -1.43. The van der Waals surface area contributed by atoms with Crippen LogP contribution in [0.4, 0.5) is 5.69 Å². The highest BCUT2D eigenvalue weighted by Gasteiger charge is 2.33. The first-order chi connectivity index (χ1) is 44.0. The highest BCUT2D eigenvalue weighted by molar-refractivity contribution is 8.76. The van der Waals surface area contributed by atoms with Gasteiger partial charge in [0.25, 0.3) is 0 Å². The number of aromatic nitrogens is 1. The van der Waals surface area contributed by atoms with Crippen molar-refractivity contribution in [1.29, 1.82) is 0 Å². The molecule has 0 unspecified atom stereocenters. The van der Waals surface area contributed by atoms with Gasteiger partial charge in [0, 0.05) is 76.4 Å². The molecule has 1 aromatic heterocycles. The van der Waals surface area contributed by atoms with Crippen molar-refractivity contribution < 1.29 is 38.5 Å². The molecule has 7 amide bonds. The molecular formula is C50H96N32O9S2. The predicted octanol–water partition coefficient (Wildman–Crippen LogP) is -9.22. The molecule has 0 bridgehead atoms. The molecule has 1 rings (SSSR count). The number of hydrogen-bond donors (Lipinski definition) is 23. The Morgan fingerprint density at radius 1 is 0.441 bits per heavy atom. The van der Waals surface area contributed by atoms with Crippen LogP contribution in [0.15, 0.2) is 58.3 Å². The van der Waals surface area contributed by atoms with Gasteiger partial charge in [-0.15, -0.1) is 0 Å². The summed E-state index contributed by atoms with van der Waals surface area (Å²) in [7, 11) is 1.98. The lowest BCUT2D eigenvalue weighted by Crippen LogP contribution is -2.59. The number of nitrogens with zero attached hydrogens (tertiary/aromatic N) is 9. The lowest BCUT2D eigenvalue weighted by Gasteiger charge is -2.28. The average molecular weight is 1350 g/mol. The van der Waals surface area contributed by atoms with E-state index >= 15 is 0 Å². The van der Waals surface area contributed by atoms with E-state index in [0.29, 0.717) is 6.42 Å². The zero-order chi connectivity index (χ0) is 69.8. The van der Waals surface area contributed by atoms with Crippen LogP contribution in [0.25, 0.3) is 0 Å². The molecular weight excluding hydrogens is 1260 g/mol. The standard InChI is InChI=1S/C50H96N32O9S2/c51-28(26-92-93-43-35(82(90)91)16-8-17-67-43)37(84)78-31(12-4-21-71-47(59)60)39(86)76-27(9-1-18-68-44(53)54)25-75-30(11-3-20-70-46(57)58)38(85)79-33(14-6-23-73-49(63)64)41(88)81-34(15-7-24-74-50(65)66)42(89)80-32(13-5-22-72-48(61)62)40(87)77-29(36(52)83)10-2-19-69-45(55)56/h8,16-17,27-34,75H,1-7,9-15,18-26,51H2,(H2,52,83)(H,76,86)(H,77,87)(H,78,84)(H,79,85)(H,80,89)(H,81,88)(H4,53,54,68)(H4,55,56,69)(H4,57,58,70)(H4,59,60,71)(H4,61,62,72)(H4,63,64,73)(H4,65,66,74)/t27-,28-,29-,30-,31-,32-,33-,34-/m0/s1. The second-order valence-electron chi connectivity index (χ2n) is 20.6. The van der Waals surface area contributed by atoms with E-state index in [1.54, 1.807) is 0 Å². The number of pyridine rings is 1. The number of amides is 7. The van der Waals surface area contributed by atoms with Crippen LogP contribution in [0.1, 0.15) is 89.9 Å². The Balaban J connectivity index is 3.78. The van der Waals surface area contributed by atoms with Gasteiger partial charge in [-0.3, -0.25) is 78.6 Å². The summed E-state index contributed by atoms with van der Waals surface area (Å²) in [5.74, 6) is -7.21. The minimum Gasteiger partial charge on any atom is -0.370 e. The fourth-order valence-electron chi connectivity index (χ4n) is 8.26. The van der Waals surface area contributed by atoms with Crippen molar-refractivity contribution in [2.24, 2.45) is 127 Å². The van der Waals surface area contributed by atoms with Crippen LogP contribution in [0.2, 0.25) is 0 Å². The number of nitrogens with two attached hydrogens (primary N) is 16. The summed E-state index contributed by atoms with van der Waals surface area (Å²) in [6.45, 7) is 0.278. The summed E-state index contributed by atoms with van der Waals surface area (Å²) in [4.78, 5) is 141. The van der Waals surface area contributed by atoms with Crippen LogP contribution in [0.3, 0.4) is 0 Å². The van der Waals surface area contributed by atoms with Crippen molar-refractivity contribution in [1.82, 2.24) is 42.2 Å². The molecule has 0 radical (unpaired) electrons. The van der Waals surface area contributed by atoms with Crippen molar-refractivity contribution in [2.45, 2.75) is 143 Å². The molecule has 43 heteroatoms. The number of nitrogens with one attached hydrogen (secondary N) is 7. The Morgan fingerprint density at radius 2 is 0.742 bits per heavy atom. The molecule has 0 aliphatic carbocycles. The molecule has 0 fully saturated rings. The van der Waals surface area contributed by atoms with Gasteiger partial charge >= 0.3 is 5.69 Å². The summed E-state index contributed by atoms with van der Waals surface area (Å²) >= 11 is 0. The summed E-state index contributed by atoms with van der Waals surface area (Å²) in [5.41, 5.74) is 89.4. The zero-order valence-electron chi connectivity index (χ0n) is 51.9. The lowest BCUT2D eigenvalue weighted by atomic mass is 10.0. The van der Waals surface area contributed by atoms with Gasteiger partial charge in [0.05, 0.1) is 17.0 Å². The van der Waals surface area contributed by atoms with Crippen molar-refractivity contribution in [2.75, 3.05) is 58.1 Å². The van der Waals surface area contributed by atoms with Crippen molar-refractivity contribution in [3.05, 3.63) is 28.4 Å². The normalized spacial score (nSPS) is 13.3. The maximum atomic E-state index is 14.7. The molecule has 0 saturated heterocycles. The molecule has 8 atom stereocenters. The Labute approximate surface area is 545 Å². The van der Waals surface area contributed by atoms with Gasteiger partial charge in [-0.25, -0.2) is 4.98 Å². The van der Waals surface area contributed by atoms with Gasteiger partial charge in [-0.2, -0.15) is 0 Å². The van der Waals surface area contributed by atoms with Gasteiger partial charge in [0.1, 0.15) is 30.2 Å². The maximum Gasteiger partial charge on any atom is 0.302 e. The number of primary amides is 1. The van der Waals surface area contributed by atoms with Crippen molar-refractivity contribution >= 4 is 110 Å². The third-order valence-corrected chi connectivity index (χ3v) is 15.1. The van der Waals surface area contributed by atoms with E-state index in [1.807, 2.05) is 0 Å². The second kappa shape index (κ2) is 46.4. The van der Waals surface area contributed by atoms with Crippen LogP contribution >= 0.6 is 21.6 Å². The van der Waals surface area contributed by atoms with Crippen molar-refractivity contribution in [3.63, 3.8) is 0 Å². The minimum absolute atomic E-state index is 0.00119. The fourth-order valence-corrected chi connectivity index (χ4v) is 10.4. The number of carbonyl (C=O) groups is 7. The van der Waals surface area contributed by atoms with Gasteiger partial charge in [-0.1, -0.05) is 10.8 Å². The van der Waals surface area contributed by atoms with Gasteiger partial charge in [0.2, 0.25) is 41.4 Å². The Bertz CT molecular complexity index is 2750. The van der Waals surface area contributed by atoms with Gasteiger partial charge < -0.3 is 129 Å². The highest BCUT2D eigenvalue weighted by atomic mass is 33.1. The van der Waals surface area contributed by atoms with Crippen LogP contribution < -0.4 is 129 Å². The molecule has 0 aliphatic rings. The largest absolute Gasteiger partial charge is 0.370 e. The van der Waals surface area contributed by atoms with Crippen LogP contribution in [-0.2, 0) is 33.6 Å². The van der Waals surface area contributed by atoms with E-state index in [1.165, 1.54) is 18.3 Å². The van der Waals surface area contributed by atoms with E-state index in [0.717, 1.165) is 21.6 Å². The SMILES string of the molecule is NC(=O)[C@H](CCCN=C(N)N)NC(=O)[C@H](CCCN=C(N)N)NC(=O)[C@H](CCCN=C(N)N)NC(=O)[C@H](CCCN=C(N)N)NC(=O)[C@H](CCCN=C(N)N)NC[C@H](CCCN=C(N)N)NC(=O)[C@H](CCCN=C(N)N)NC(=O)[C@@H](N)CSSc1ncccc1[N+](=O)[O-]. The number of aliphatic imine (C=N–C) groups is 7. The third kappa shape index (κ3) is 38.6. The lowest BCUT2D eigenvalue weighted by molar-refractivity contribution is -0.388. The number of carbonyl (C=O) groups excluding carboxylic acids is 7. The summed E-state index contributed by atoms with van der Waals surface area (Å²) in [6, 6.07) is -7.15. The number of guanidine groups is 7. The van der Waals surface area contributed by atoms with Crippen LogP contribution in [0, 0.1) is 10.1 Å². The average Bonchev–Trinajstić information content (AvgIpc) is 1.36. The molecule has 522 valence electrons. The molecule has 93 heavy (non-hydrogen) atoms. The molecule has 0 spiro atoms. The molecule has 0 saturated carbocycles. The summed E-state index contributed by atoms with van der Waals surface area (Å²) in [5, 5.41) is 31.1. The highest BCUT2D eigenvalue weighted by Crippen LogP contribution is 2.35. The molecule has 1 aromatic rings. The van der Waals surface area contributed by atoms with E-state index < -0.39 is 94.6 Å². The summed E-state index contributed by atoms with van der Waals surface area (Å²) < 4.78 is 0. The molecule has 41 nitrogen and oxygen atoms in total. The first-order valence-corrected chi connectivity index (χ1v) is 31.7. The van der Waals surface area contributed by atoms with E-state index in [-0.39, 0.29) is 194 Å². The van der Waals surface area contributed by atoms with E-state index in [4.69, 9.17) is 91.7 Å². The van der Waals surface area contributed by atoms with Crippen LogP contribution in [-0.4, -0.2) is 199 Å².